The molecule has 0 bridgehead atoms. The van der Waals surface area contributed by atoms with Gasteiger partial charge in [0.25, 0.3) is 5.91 Å². The topological polar surface area (TPSA) is 108 Å². The number of fused-ring (bicyclic) bond motifs is 1. The number of halogens is 1. The number of imidazole rings is 1. The Morgan fingerprint density at radius 2 is 1.83 bits per heavy atom. The second-order valence-corrected chi connectivity index (χ2v) is 8.02. The van der Waals surface area contributed by atoms with Crippen LogP contribution in [0.15, 0.2) is 59.4 Å². The van der Waals surface area contributed by atoms with Gasteiger partial charge in [-0.1, -0.05) is 24.1 Å². The van der Waals surface area contributed by atoms with Crippen molar-refractivity contribution in [2.45, 2.75) is 19.4 Å². The molecule has 1 aliphatic rings. The third-order valence-electron chi connectivity index (χ3n) is 5.84. The minimum atomic E-state index is -1.03. The first-order chi connectivity index (χ1) is 17.0. The molecule has 1 aliphatic heterocycles. The van der Waals surface area contributed by atoms with Gasteiger partial charge in [-0.25, -0.2) is 4.79 Å². The summed E-state index contributed by atoms with van der Waals surface area (Å²) in [6.45, 7) is 2.26. The third kappa shape index (κ3) is 4.08. The highest BCUT2D eigenvalue weighted by atomic mass is 19.1. The summed E-state index contributed by atoms with van der Waals surface area (Å²) in [5.74, 6) is 5.88. The van der Waals surface area contributed by atoms with E-state index in [1.165, 1.54) is 9.13 Å². The van der Waals surface area contributed by atoms with Gasteiger partial charge in [0.15, 0.2) is 11.5 Å². The zero-order chi connectivity index (χ0) is 24.5. The maximum absolute atomic E-state index is 14.1. The molecule has 4 aromatic rings. The number of rotatable bonds is 4. The molecule has 2 aromatic heterocycles. The summed E-state index contributed by atoms with van der Waals surface area (Å²) in [5.41, 5.74) is 6.36. The fourth-order valence-electron chi connectivity index (χ4n) is 4.29. The Morgan fingerprint density at radius 1 is 1.11 bits per heavy atom. The van der Waals surface area contributed by atoms with E-state index in [1.54, 1.807) is 36.1 Å². The van der Waals surface area contributed by atoms with Gasteiger partial charge in [-0.15, -0.1) is 0 Å². The SMILES string of the molecule is CC#CC(=O)N1CC[C@@H](n2c(=O)n(-c3ccc(Oc4ccccc4)cc3)c3c(N)nc(F)nc32)C1. The zero-order valence-corrected chi connectivity index (χ0v) is 18.8. The van der Waals surface area contributed by atoms with E-state index in [9.17, 15) is 14.0 Å². The van der Waals surface area contributed by atoms with Crippen LogP contribution in [0.1, 0.15) is 19.4 Å². The standard InChI is InChI=1S/C25H21FN6O3/c1-2-6-20(33)30-14-13-17(15-30)32-23-21(22(27)28-24(26)29-23)31(25(32)34)16-9-11-19(12-10-16)35-18-7-4-3-5-8-18/h3-5,7-12,17H,13-15H2,1H3,(H2,27,28,29)/t17-/m1/s1. The fraction of sp³-hybridized carbons (Fsp3) is 0.200. The molecule has 0 spiro atoms. The summed E-state index contributed by atoms with van der Waals surface area (Å²) in [4.78, 5) is 34.9. The summed E-state index contributed by atoms with van der Waals surface area (Å²) in [7, 11) is 0. The Morgan fingerprint density at radius 3 is 2.54 bits per heavy atom. The summed E-state index contributed by atoms with van der Waals surface area (Å²) >= 11 is 0. The molecular weight excluding hydrogens is 451 g/mol. The highest BCUT2D eigenvalue weighted by Crippen LogP contribution is 2.29. The van der Waals surface area contributed by atoms with E-state index in [0.29, 0.717) is 30.2 Å². The molecule has 176 valence electrons. The predicted octanol–water partition coefficient (Wildman–Crippen LogP) is 2.89. The number of aromatic nitrogens is 4. The molecule has 9 nitrogen and oxygen atoms in total. The van der Waals surface area contributed by atoms with Crippen LogP contribution in [-0.4, -0.2) is 43.0 Å². The number of carbonyl (C=O) groups is 1. The first-order valence-corrected chi connectivity index (χ1v) is 11.0. The summed E-state index contributed by atoms with van der Waals surface area (Å²) in [6.07, 6.45) is -0.541. The molecule has 2 aromatic carbocycles. The van der Waals surface area contributed by atoms with Gasteiger partial charge < -0.3 is 15.4 Å². The van der Waals surface area contributed by atoms with Gasteiger partial charge in [-0.3, -0.25) is 13.9 Å². The molecule has 0 aliphatic carbocycles. The molecule has 0 unspecified atom stereocenters. The first kappa shape index (κ1) is 22.2. The number of hydrogen-bond donors (Lipinski definition) is 1. The van der Waals surface area contributed by atoms with Crippen molar-refractivity contribution in [1.29, 1.82) is 0 Å². The maximum Gasteiger partial charge on any atom is 0.335 e. The van der Waals surface area contributed by atoms with Gasteiger partial charge in [0.1, 0.15) is 17.0 Å². The summed E-state index contributed by atoms with van der Waals surface area (Å²) < 4.78 is 22.7. The minimum absolute atomic E-state index is 0.0745. The van der Waals surface area contributed by atoms with Gasteiger partial charge in [-0.2, -0.15) is 14.4 Å². The summed E-state index contributed by atoms with van der Waals surface area (Å²) in [6, 6.07) is 15.7. The first-order valence-electron chi connectivity index (χ1n) is 11.0. The van der Waals surface area contributed by atoms with E-state index in [0.717, 1.165) is 0 Å². The Balaban J connectivity index is 1.57. The minimum Gasteiger partial charge on any atom is -0.457 e. The van der Waals surface area contributed by atoms with Crippen molar-refractivity contribution in [3.8, 4) is 29.0 Å². The van der Waals surface area contributed by atoms with Gasteiger partial charge >= 0.3 is 11.8 Å². The van der Waals surface area contributed by atoms with Gasteiger partial charge in [0.05, 0.1) is 11.7 Å². The molecule has 1 atom stereocenters. The Hall–Kier alpha value is -4.65. The molecular formula is C25H21FN6O3. The van der Waals surface area contributed by atoms with Crippen LogP contribution in [0.5, 0.6) is 11.5 Å². The van der Waals surface area contributed by atoms with Crippen molar-refractivity contribution < 1.29 is 13.9 Å². The second-order valence-electron chi connectivity index (χ2n) is 8.02. The number of nitrogens with two attached hydrogens (primary N) is 1. The lowest BCUT2D eigenvalue weighted by molar-refractivity contribution is -0.124. The number of para-hydroxylation sites is 1. The molecule has 3 heterocycles. The lowest BCUT2D eigenvalue weighted by Gasteiger charge is -2.14. The van der Waals surface area contributed by atoms with Crippen molar-refractivity contribution in [2.24, 2.45) is 0 Å². The van der Waals surface area contributed by atoms with Crippen LogP contribution in [0.2, 0.25) is 0 Å². The maximum atomic E-state index is 14.1. The molecule has 0 saturated carbocycles. The second kappa shape index (κ2) is 8.95. The van der Waals surface area contributed by atoms with Crippen LogP contribution in [0.25, 0.3) is 16.9 Å². The highest BCUT2D eigenvalue weighted by molar-refractivity contribution is 5.93. The predicted molar refractivity (Wildman–Crippen MR) is 128 cm³/mol. The monoisotopic (exact) mass is 472 g/mol. The number of anilines is 1. The van der Waals surface area contributed by atoms with Crippen LogP contribution in [0.4, 0.5) is 10.2 Å². The fourth-order valence-corrected chi connectivity index (χ4v) is 4.29. The Bertz CT molecular complexity index is 1530. The Kier molecular flexibility index (Phi) is 5.66. The van der Waals surface area contributed by atoms with E-state index in [-0.39, 0.29) is 29.4 Å². The largest absolute Gasteiger partial charge is 0.457 e. The average Bonchev–Trinajstić information content (AvgIpc) is 3.43. The number of likely N-dealkylation sites (tertiary alicyclic amines) is 1. The number of benzene rings is 2. The highest BCUT2D eigenvalue weighted by Gasteiger charge is 2.32. The van der Waals surface area contributed by atoms with Gasteiger partial charge in [0, 0.05) is 13.1 Å². The smallest absolute Gasteiger partial charge is 0.335 e. The van der Waals surface area contributed by atoms with Crippen LogP contribution >= 0.6 is 0 Å². The van der Waals surface area contributed by atoms with Crippen LogP contribution in [0, 0.1) is 17.9 Å². The number of nitrogen functional groups attached to an aromatic ring is 1. The molecule has 35 heavy (non-hydrogen) atoms. The third-order valence-corrected chi connectivity index (χ3v) is 5.84. The summed E-state index contributed by atoms with van der Waals surface area (Å²) in [5, 5.41) is 0. The number of nitrogens with zero attached hydrogens (tertiary/aromatic N) is 5. The lowest BCUT2D eigenvalue weighted by Crippen LogP contribution is -2.31. The van der Waals surface area contributed by atoms with Gasteiger partial charge in [-0.05, 0) is 55.7 Å². The van der Waals surface area contributed by atoms with Crippen molar-refractivity contribution in [3.05, 3.63) is 71.2 Å². The van der Waals surface area contributed by atoms with Crippen molar-refractivity contribution in [3.63, 3.8) is 0 Å². The molecule has 0 radical (unpaired) electrons. The van der Waals surface area contributed by atoms with Crippen LogP contribution in [-0.2, 0) is 4.79 Å². The zero-order valence-electron chi connectivity index (χ0n) is 18.8. The van der Waals surface area contributed by atoms with Gasteiger partial charge in [0.2, 0.25) is 0 Å². The van der Waals surface area contributed by atoms with Crippen molar-refractivity contribution in [2.75, 3.05) is 18.8 Å². The Labute approximate surface area is 199 Å². The van der Waals surface area contributed by atoms with Crippen LogP contribution in [0.3, 0.4) is 0 Å². The number of hydrogen-bond acceptors (Lipinski definition) is 6. The molecule has 1 fully saturated rings. The van der Waals surface area contributed by atoms with Crippen LogP contribution < -0.4 is 16.2 Å². The van der Waals surface area contributed by atoms with E-state index < -0.39 is 17.8 Å². The number of ether oxygens (including phenoxy) is 1. The molecule has 1 amide bonds. The lowest BCUT2D eigenvalue weighted by atomic mass is 10.2. The molecule has 2 N–H and O–H groups in total. The average molecular weight is 472 g/mol. The number of amides is 1. The normalized spacial score (nSPS) is 15.1. The van der Waals surface area contributed by atoms with Crippen molar-refractivity contribution in [1.82, 2.24) is 24.0 Å². The van der Waals surface area contributed by atoms with E-state index in [1.807, 2.05) is 30.3 Å². The van der Waals surface area contributed by atoms with E-state index in [2.05, 4.69) is 21.8 Å². The van der Waals surface area contributed by atoms with Crippen molar-refractivity contribution >= 4 is 22.9 Å². The molecule has 1 saturated heterocycles. The quantitative estimate of drug-likeness (QED) is 0.361. The van der Waals surface area contributed by atoms with E-state index in [4.69, 9.17) is 10.5 Å². The molecule has 5 rings (SSSR count). The van der Waals surface area contributed by atoms with E-state index >= 15 is 0 Å². The number of carbonyl (C=O) groups excluding carboxylic acids is 1. The molecule has 10 heteroatoms.